The van der Waals surface area contributed by atoms with Crippen molar-refractivity contribution in [2.24, 2.45) is 17.8 Å². The molecule has 0 aliphatic heterocycles. The molecule has 0 aromatic carbocycles. The molecular formula is C14H20FN. The third-order valence-electron chi connectivity index (χ3n) is 4.17. The lowest BCUT2D eigenvalue weighted by Gasteiger charge is -2.32. The van der Waals surface area contributed by atoms with Crippen LogP contribution in [0.15, 0.2) is 11.6 Å². The fourth-order valence-electron chi connectivity index (χ4n) is 2.95. The fraction of sp³-hybridized carbons (Fsp3) is 0.786. The lowest BCUT2D eigenvalue weighted by molar-refractivity contribution is 0.169. The Morgan fingerprint density at radius 2 is 2.19 bits per heavy atom. The van der Waals surface area contributed by atoms with Crippen LogP contribution in [-0.2, 0) is 0 Å². The second-order valence-corrected chi connectivity index (χ2v) is 5.42. The summed E-state index contributed by atoms with van der Waals surface area (Å²) in [5, 5.41) is 8.79. The molecule has 0 spiro atoms. The third-order valence-corrected chi connectivity index (χ3v) is 4.17. The van der Waals surface area contributed by atoms with Gasteiger partial charge in [0.15, 0.2) is 0 Å². The summed E-state index contributed by atoms with van der Waals surface area (Å²) in [6.45, 7) is 2.28. The summed E-state index contributed by atoms with van der Waals surface area (Å²) in [6, 6.07) is 2.09. The lowest BCUT2D eigenvalue weighted by Crippen LogP contribution is -2.27. The summed E-state index contributed by atoms with van der Waals surface area (Å²) < 4.78 is 13.7. The van der Waals surface area contributed by atoms with E-state index in [2.05, 4.69) is 19.1 Å². The zero-order valence-corrected chi connectivity index (χ0v) is 9.95. The van der Waals surface area contributed by atoms with E-state index in [4.69, 9.17) is 5.26 Å². The Kier molecular flexibility index (Phi) is 3.63. The first kappa shape index (κ1) is 11.6. The fourth-order valence-corrected chi connectivity index (χ4v) is 2.95. The molecule has 0 heterocycles. The molecule has 0 N–H and O–H groups in total. The molecular weight excluding hydrogens is 201 g/mol. The van der Waals surface area contributed by atoms with Gasteiger partial charge in [0, 0.05) is 0 Å². The summed E-state index contributed by atoms with van der Waals surface area (Å²) in [5.74, 6) is 0.867. The van der Waals surface area contributed by atoms with Gasteiger partial charge >= 0.3 is 0 Å². The van der Waals surface area contributed by atoms with Gasteiger partial charge in [-0.3, -0.25) is 0 Å². The second-order valence-electron chi connectivity index (χ2n) is 5.42. The van der Waals surface area contributed by atoms with Crippen molar-refractivity contribution in [2.75, 3.05) is 0 Å². The van der Waals surface area contributed by atoms with Crippen LogP contribution in [0.5, 0.6) is 0 Å². The van der Waals surface area contributed by atoms with Crippen LogP contribution in [0.4, 0.5) is 4.39 Å². The van der Waals surface area contributed by atoms with E-state index in [1.54, 1.807) is 0 Å². The predicted octanol–water partition coefficient (Wildman–Crippen LogP) is 4.01. The van der Waals surface area contributed by atoms with Gasteiger partial charge in [-0.15, -0.1) is 0 Å². The van der Waals surface area contributed by atoms with E-state index in [9.17, 15) is 4.39 Å². The Labute approximate surface area is 97.3 Å². The van der Waals surface area contributed by atoms with E-state index in [-0.39, 0.29) is 5.92 Å². The monoisotopic (exact) mass is 221 g/mol. The van der Waals surface area contributed by atoms with Gasteiger partial charge in [0.2, 0.25) is 0 Å². The number of nitrogens with zero attached hydrogens (tertiary/aromatic N) is 1. The van der Waals surface area contributed by atoms with Crippen molar-refractivity contribution >= 4 is 0 Å². The normalized spacial score (nSPS) is 39.9. The van der Waals surface area contributed by atoms with Crippen molar-refractivity contribution in [1.82, 2.24) is 0 Å². The van der Waals surface area contributed by atoms with E-state index in [0.29, 0.717) is 12.3 Å². The van der Waals surface area contributed by atoms with Crippen LogP contribution >= 0.6 is 0 Å². The minimum atomic E-state index is -0.899. The van der Waals surface area contributed by atoms with Gasteiger partial charge in [0.1, 0.15) is 6.17 Å². The van der Waals surface area contributed by atoms with Gasteiger partial charge < -0.3 is 0 Å². The van der Waals surface area contributed by atoms with E-state index in [1.165, 1.54) is 12.0 Å². The Morgan fingerprint density at radius 1 is 1.38 bits per heavy atom. The highest BCUT2D eigenvalue weighted by molar-refractivity contribution is 5.13. The van der Waals surface area contributed by atoms with Gasteiger partial charge in [0.05, 0.1) is 12.0 Å². The average molecular weight is 221 g/mol. The smallest absolute Gasteiger partial charge is 0.116 e. The largest absolute Gasteiger partial charge is 0.246 e. The quantitative estimate of drug-likeness (QED) is 0.614. The van der Waals surface area contributed by atoms with Gasteiger partial charge in [-0.05, 0) is 50.4 Å². The molecule has 0 saturated heterocycles. The summed E-state index contributed by atoms with van der Waals surface area (Å²) in [4.78, 5) is 0. The highest BCUT2D eigenvalue weighted by atomic mass is 19.1. The molecule has 4 unspecified atom stereocenters. The van der Waals surface area contributed by atoms with Crippen LogP contribution in [0.2, 0.25) is 0 Å². The minimum Gasteiger partial charge on any atom is -0.246 e. The van der Waals surface area contributed by atoms with Crippen LogP contribution in [0.3, 0.4) is 0 Å². The van der Waals surface area contributed by atoms with Gasteiger partial charge in [-0.2, -0.15) is 5.26 Å². The Hall–Kier alpha value is -0.840. The number of hydrogen-bond acceptors (Lipinski definition) is 1. The molecule has 2 rings (SSSR count). The first-order valence-corrected chi connectivity index (χ1v) is 6.43. The maximum atomic E-state index is 13.7. The molecule has 2 aliphatic carbocycles. The average Bonchev–Trinajstić information content (AvgIpc) is 2.30. The molecule has 16 heavy (non-hydrogen) atoms. The molecule has 1 nitrogen and oxygen atoms in total. The molecule has 1 fully saturated rings. The van der Waals surface area contributed by atoms with Crippen molar-refractivity contribution in [3.8, 4) is 6.07 Å². The predicted molar refractivity (Wildman–Crippen MR) is 62.4 cm³/mol. The maximum Gasteiger partial charge on any atom is 0.116 e. The number of halogens is 1. The van der Waals surface area contributed by atoms with Crippen molar-refractivity contribution in [2.45, 2.75) is 51.6 Å². The topological polar surface area (TPSA) is 23.8 Å². The number of hydrogen-bond donors (Lipinski definition) is 0. The van der Waals surface area contributed by atoms with Crippen LogP contribution < -0.4 is 0 Å². The van der Waals surface area contributed by atoms with Crippen molar-refractivity contribution in [1.29, 1.82) is 5.26 Å². The number of nitriles is 1. The summed E-state index contributed by atoms with van der Waals surface area (Å²) in [6.07, 6.45) is 7.33. The first-order valence-electron chi connectivity index (χ1n) is 6.43. The molecule has 0 aromatic heterocycles. The molecule has 0 radical (unpaired) electrons. The molecule has 0 amide bonds. The zero-order chi connectivity index (χ0) is 11.5. The number of rotatable bonds is 1. The van der Waals surface area contributed by atoms with Crippen molar-refractivity contribution in [3.05, 3.63) is 11.6 Å². The van der Waals surface area contributed by atoms with Gasteiger partial charge in [-0.25, -0.2) is 4.39 Å². The molecule has 2 heteroatoms. The van der Waals surface area contributed by atoms with Crippen LogP contribution in [-0.4, -0.2) is 6.17 Å². The van der Waals surface area contributed by atoms with E-state index in [1.807, 2.05) is 0 Å². The first-order chi connectivity index (χ1) is 7.70. The molecule has 0 bridgehead atoms. The summed E-state index contributed by atoms with van der Waals surface area (Å²) in [7, 11) is 0. The molecule has 4 atom stereocenters. The Morgan fingerprint density at radius 3 is 2.75 bits per heavy atom. The minimum absolute atomic E-state index is 0.348. The summed E-state index contributed by atoms with van der Waals surface area (Å²) >= 11 is 0. The Balaban J connectivity index is 1.95. The van der Waals surface area contributed by atoms with Gasteiger partial charge in [-0.1, -0.05) is 18.6 Å². The Bertz CT molecular complexity index is 315. The van der Waals surface area contributed by atoms with E-state index in [0.717, 1.165) is 31.6 Å². The second kappa shape index (κ2) is 4.99. The molecule has 2 aliphatic rings. The SMILES string of the molecule is CC1CC=C(C2CCC(C#N)C(F)C2)CC1. The third kappa shape index (κ3) is 2.45. The van der Waals surface area contributed by atoms with E-state index < -0.39 is 6.17 Å². The van der Waals surface area contributed by atoms with E-state index >= 15 is 0 Å². The summed E-state index contributed by atoms with van der Waals surface area (Å²) in [5.41, 5.74) is 1.47. The lowest BCUT2D eigenvalue weighted by atomic mass is 9.74. The van der Waals surface area contributed by atoms with Crippen LogP contribution in [0.25, 0.3) is 0 Å². The highest BCUT2D eigenvalue weighted by Crippen LogP contribution is 2.39. The van der Waals surface area contributed by atoms with Crippen LogP contribution in [0.1, 0.15) is 45.4 Å². The highest BCUT2D eigenvalue weighted by Gasteiger charge is 2.32. The maximum absolute atomic E-state index is 13.7. The number of alkyl halides is 1. The van der Waals surface area contributed by atoms with Gasteiger partial charge in [0.25, 0.3) is 0 Å². The number of allylic oxidation sites excluding steroid dienone is 2. The van der Waals surface area contributed by atoms with Crippen molar-refractivity contribution < 1.29 is 4.39 Å². The molecule has 0 aromatic rings. The zero-order valence-electron chi connectivity index (χ0n) is 9.95. The molecule has 88 valence electrons. The van der Waals surface area contributed by atoms with Crippen LogP contribution in [0, 0.1) is 29.1 Å². The van der Waals surface area contributed by atoms with Crippen molar-refractivity contribution in [3.63, 3.8) is 0 Å². The molecule has 1 saturated carbocycles. The standard InChI is InChI=1S/C14H20FN/c1-10-2-4-11(5-3-10)12-6-7-13(9-16)14(15)8-12/h4,10,12-14H,2-3,5-8H2,1H3.